The number of carbonyl (C=O) groups is 1. The van der Waals surface area contributed by atoms with Crippen LogP contribution < -0.4 is 4.74 Å². The molecule has 1 aromatic rings. The SMILES string of the molecule is COc1ccc(/C=C2/CCCC2=O)c(O)c1. The van der Waals surface area contributed by atoms with E-state index >= 15 is 0 Å². The number of phenolic OH excluding ortho intramolecular Hbond substituents is 1. The van der Waals surface area contributed by atoms with E-state index in [1.54, 1.807) is 31.4 Å². The van der Waals surface area contributed by atoms with Crippen molar-refractivity contribution >= 4 is 11.9 Å². The lowest BCUT2D eigenvalue weighted by Crippen LogP contribution is -1.91. The van der Waals surface area contributed by atoms with Crippen LogP contribution in [0.15, 0.2) is 23.8 Å². The molecule has 0 saturated heterocycles. The zero-order valence-electron chi connectivity index (χ0n) is 9.19. The molecule has 0 heterocycles. The first-order valence-electron chi connectivity index (χ1n) is 5.31. The van der Waals surface area contributed by atoms with Crippen LogP contribution in [0.4, 0.5) is 0 Å². The van der Waals surface area contributed by atoms with E-state index in [1.165, 1.54) is 0 Å². The van der Waals surface area contributed by atoms with Crippen molar-refractivity contribution in [3.05, 3.63) is 29.3 Å². The number of allylic oxidation sites excluding steroid dienone is 1. The zero-order chi connectivity index (χ0) is 11.5. The van der Waals surface area contributed by atoms with Crippen molar-refractivity contribution in [1.82, 2.24) is 0 Å². The van der Waals surface area contributed by atoms with Gasteiger partial charge in [-0.1, -0.05) is 0 Å². The first-order chi connectivity index (χ1) is 7.70. The van der Waals surface area contributed by atoms with Gasteiger partial charge < -0.3 is 9.84 Å². The molecule has 0 atom stereocenters. The Labute approximate surface area is 94.4 Å². The highest BCUT2D eigenvalue weighted by molar-refractivity contribution is 6.01. The van der Waals surface area contributed by atoms with Gasteiger partial charge in [0.05, 0.1) is 7.11 Å². The number of ketones is 1. The molecule has 1 N–H and O–H groups in total. The molecule has 0 spiro atoms. The number of benzene rings is 1. The monoisotopic (exact) mass is 218 g/mol. The van der Waals surface area contributed by atoms with Crippen LogP contribution in [-0.2, 0) is 4.79 Å². The summed E-state index contributed by atoms with van der Waals surface area (Å²) in [7, 11) is 1.55. The van der Waals surface area contributed by atoms with Crippen LogP contribution >= 0.6 is 0 Å². The molecule has 1 saturated carbocycles. The maximum absolute atomic E-state index is 11.4. The van der Waals surface area contributed by atoms with Gasteiger partial charge in [0.15, 0.2) is 5.78 Å². The lowest BCUT2D eigenvalue weighted by Gasteiger charge is -2.04. The van der Waals surface area contributed by atoms with Crippen molar-refractivity contribution < 1.29 is 14.6 Å². The minimum Gasteiger partial charge on any atom is -0.507 e. The van der Waals surface area contributed by atoms with Gasteiger partial charge in [0, 0.05) is 18.1 Å². The first kappa shape index (κ1) is 10.7. The number of Topliss-reactive ketones (excluding diaryl/α,β-unsaturated/α-hetero) is 1. The third kappa shape index (κ3) is 2.08. The maximum Gasteiger partial charge on any atom is 0.158 e. The van der Waals surface area contributed by atoms with Crippen molar-refractivity contribution in [2.24, 2.45) is 0 Å². The maximum atomic E-state index is 11.4. The summed E-state index contributed by atoms with van der Waals surface area (Å²) in [5.41, 5.74) is 1.48. The van der Waals surface area contributed by atoms with Crippen molar-refractivity contribution in [1.29, 1.82) is 0 Å². The third-order valence-corrected chi connectivity index (χ3v) is 2.78. The lowest BCUT2D eigenvalue weighted by atomic mass is 10.1. The van der Waals surface area contributed by atoms with E-state index in [-0.39, 0.29) is 11.5 Å². The van der Waals surface area contributed by atoms with Crippen molar-refractivity contribution in [2.45, 2.75) is 19.3 Å². The minimum atomic E-state index is 0.145. The minimum absolute atomic E-state index is 0.145. The molecule has 2 rings (SSSR count). The summed E-state index contributed by atoms with van der Waals surface area (Å²) < 4.78 is 4.99. The van der Waals surface area contributed by atoms with Gasteiger partial charge in [-0.25, -0.2) is 0 Å². The Kier molecular flexibility index (Phi) is 2.95. The molecule has 3 nitrogen and oxygen atoms in total. The quantitative estimate of drug-likeness (QED) is 0.776. The summed E-state index contributed by atoms with van der Waals surface area (Å²) in [4.78, 5) is 11.4. The third-order valence-electron chi connectivity index (χ3n) is 2.78. The smallest absolute Gasteiger partial charge is 0.158 e. The highest BCUT2D eigenvalue weighted by atomic mass is 16.5. The fraction of sp³-hybridized carbons (Fsp3) is 0.308. The molecular formula is C13H14O3. The van der Waals surface area contributed by atoms with E-state index in [4.69, 9.17) is 4.74 Å². The number of hydrogen-bond acceptors (Lipinski definition) is 3. The second-order valence-corrected chi connectivity index (χ2v) is 3.87. The number of carbonyl (C=O) groups excluding carboxylic acids is 1. The molecule has 0 amide bonds. The first-order valence-corrected chi connectivity index (χ1v) is 5.31. The summed E-state index contributed by atoms with van der Waals surface area (Å²) in [5.74, 6) is 0.944. The molecule has 1 aromatic carbocycles. The number of rotatable bonds is 2. The summed E-state index contributed by atoms with van der Waals surface area (Å²) in [6.45, 7) is 0. The standard InChI is InChI=1S/C13H14O3/c1-16-11-6-5-10(13(15)8-11)7-9-3-2-4-12(9)14/h5-8,15H,2-4H2,1H3/b9-7-. The average Bonchev–Trinajstić information content (AvgIpc) is 2.67. The van der Waals surface area contributed by atoms with Crippen LogP contribution in [0.2, 0.25) is 0 Å². The number of ether oxygens (including phenoxy) is 1. The van der Waals surface area contributed by atoms with E-state index in [0.29, 0.717) is 17.7 Å². The molecule has 0 aliphatic heterocycles. The molecule has 1 fully saturated rings. The van der Waals surface area contributed by atoms with E-state index < -0.39 is 0 Å². The fourth-order valence-electron chi connectivity index (χ4n) is 1.85. The molecular weight excluding hydrogens is 204 g/mol. The van der Waals surface area contributed by atoms with Gasteiger partial charge in [-0.2, -0.15) is 0 Å². The van der Waals surface area contributed by atoms with E-state index in [0.717, 1.165) is 18.4 Å². The van der Waals surface area contributed by atoms with Crippen LogP contribution in [0.3, 0.4) is 0 Å². The van der Waals surface area contributed by atoms with Gasteiger partial charge >= 0.3 is 0 Å². The second-order valence-electron chi connectivity index (χ2n) is 3.87. The summed E-state index contributed by atoms with van der Waals surface area (Å²) in [6, 6.07) is 5.07. The molecule has 0 bridgehead atoms. The predicted molar refractivity (Wildman–Crippen MR) is 61.5 cm³/mol. The Morgan fingerprint density at radius 3 is 2.75 bits per heavy atom. The Morgan fingerprint density at radius 2 is 2.19 bits per heavy atom. The van der Waals surface area contributed by atoms with Gasteiger partial charge in [0.1, 0.15) is 11.5 Å². The topological polar surface area (TPSA) is 46.5 Å². The molecule has 1 aliphatic rings. The highest BCUT2D eigenvalue weighted by Crippen LogP contribution is 2.29. The molecule has 0 aromatic heterocycles. The fourth-order valence-corrected chi connectivity index (χ4v) is 1.85. The van der Waals surface area contributed by atoms with Crippen LogP contribution in [0.1, 0.15) is 24.8 Å². The van der Waals surface area contributed by atoms with Crippen LogP contribution in [0.25, 0.3) is 6.08 Å². The molecule has 1 aliphatic carbocycles. The van der Waals surface area contributed by atoms with Crippen LogP contribution in [0.5, 0.6) is 11.5 Å². The molecule has 0 radical (unpaired) electrons. The predicted octanol–water partition coefficient (Wildman–Crippen LogP) is 2.54. The lowest BCUT2D eigenvalue weighted by molar-refractivity contribution is -0.114. The normalized spacial score (nSPS) is 18.1. The van der Waals surface area contributed by atoms with Gasteiger partial charge in [0.2, 0.25) is 0 Å². The number of methoxy groups -OCH3 is 1. The number of hydrogen-bond donors (Lipinski definition) is 1. The average molecular weight is 218 g/mol. The Balaban J connectivity index is 2.31. The Bertz CT molecular complexity index is 446. The van der Waals surface area contributed by atoms with Crippen LogP contribution in [0, 0.1) is 0 Å². The summed E-state index contributed by atoms with van der Waals surface area (Å²) in [6.07, 6.45) is 4.12. The molecule has 84 valence electrons. The Morgan fingerprint density at radius 1 is 1.38 bits per heavy atom. The molecule has 16 heavy (non-hydrogen) atoms. The molecule has 0 unspecified atom stereocenters. The van der Waals surface area contributed by atoms with Gasteiger partial charge in [0.25, 0.3) is 0 Å². The largest absolute Gasteiger partial charge is 0.507 e. The van der Waals surface area contributed by atoms with Crippen LogP contribution in [-0.4, -0.2) is 18.0 Å². The number of aromatic hydroxyl groups is 1. The zero-order valence-corrected chi connectivity index (χ0v) is 9.19. The second kappa shape index (κ2) is 4.39. The Hall–Kier alpha value is -1.77. The summed E-state index contributed by atoms with van der Waals surface area (Å²) in [5, 5.41) is 9.73. The van der Waals surface area contributed by atoms with E-state index in [1.807, 2.05) is 0 Å². The number of phenols is 1. The van der Waals surface area contributed by atoms with Gasteiger partial charge in [-0.15, -0.1) is 0 Å². The van der Waals surface area contributed by atoms with Crippen molar-refractivity contribution in [3.63, 3.8) is 0 Å². The van der Waals surface area contributed by atoms with Gasteiger partial charge in [-0.3, -0.25) is 4.79 Å². The van der Waals surface area contributed by atoms with E-state index in [9.17, 15) is 9.90 Å². The van der Waals surface area contributed by atoms with Crippen molar-refractivity contribution in [3.8, 4) is 11.5 Å². The van der Waals surface area contributed by atoms with E-state index in [2.05, 4.69) is 0 Å². The molecule has 3 heteroatoms. The van der Waals surface area contributed by atoms with Crippen molar-refractivity contribution in [2.75, 3.05) is 7.11 Å². The van der Waals surface area contributed by atoms with Gasteiger partial charge in [-0.05, 0) is 36.6 Å². The summed E-state index contributed by atoms with van der Waals surface area (Å²) >= 11 is 0. The highest BCUT2D eigenvalue weighted by Gasteiger charge is 2.17.